The van der Waals surface area contributed by atoms with Crippen molar-refractivity contribution in [2.24, 2.45) is 0 Å². The van der Waals surface area contributed by atoms with Gasteiger partial charge in [-0.2, -0.15) is 0 Å². The van der Waals surface area contributed by atoms with Gasteiger partial charge in [-0.1, -0.05) is 18.2 Å². The van der Waals surface area contributed by atoms with E-state index < -0.39 is 0 Å². The third kappa shape index (κ3) is 2.37. The molecule has 2 nitrogen and oxygen atoms in total. The first-order chi connectivity index (χ1) is 7.16. The zero-order valence-electron chi connectivity index (χ0n) is 9.32. The fourth-order valence-electron chi connectivity index (χ4n) is 1.67. The lowest BCUT2D eigenvalue weighted by molar-refractivity contribution is 0.254. The maximum absolute atomic E-state index is 3.36. The van der Waals surface area contributed by atoms with Gasteiger partial charge in [0.2, 0.25) is 0 Å². The van der Waals surface area contributed by atoms with Gasteiger partial charge < -0.3 is 0 Å². The number of benzene rings is 1. The number of fused-ring (bicyclic) bond motifs is 1. The van der Waals surface area contributed by atoms with Gasteiger partial charge in [0, 0.05) is 23.7 Å². The molecule has 0 bridgehead atoms. The van der Waals surface area contributed by atoms with Crippen LogP contribution in [0.4, 0.5) is 0 Å². The zero-order valence-corrected chi connectivity index (χ0v) is 10.1. The Morgan fingerprint density at radius 3 is 2.67 bits per heavy atom. The number of hydrogen-bond acceptors (Lipinski definition) is 3. The summed E-state index contributed by atoms with van der Waals surface area (Å²) >= 11 is 1.86. The number of nitrogens with one attached hydrogen (secondary N) is 1. The number of thiophene rings is 1. The highest BCUT2D eigenvalue weighted by Crippen LogP contribution is 2.29. The molecular formula is C12H16N2S. The van der Waals surface area contributed by atoms with Gasteiger partial charge in [0.25, 0.3) is 0 Å². The van der Waals surface area contributed by atoms with E-state index in [1.165, 1.54) is 15.0 Å². The van der Waals surface area contributed by atoms with Gasteiger partial charge in [-0.25, -0.2) is 5.43 Å². The van der Waals surface area contributed by atoms with Crippen molar-refractivity contribution in [3.05, 3.63) is 35.2 Å². The fourth-order valence-corrected chi connectivity index (χ4v) is 2.73. The van der Waals surface area contributed by atoms with Crippen molar-refractivity contribution >= 4 is 21.4 Å². The van der Waals surface area contributed by atoms with Crippen LogP contribution in [-0.2, 0) is 0 Å². The molecule has 0 saturated carbocycles. The smallest absolute Gasteiger partial charge is 0.0530 e. The third-order valence-electron chi connectivity index (χ3n) is 2.32. The number of hydrogen-bond donors (Lipinski definition) is 1. The Labute approximate surface area is 94.5 Å². The van der Waals surface area contributed by atoms with Crippen molar-refractivity contribution in [3.63, 3.8) is 0 Å². The maximum Gasteiger partial charge on any atom is 0.0530 e. The summed E-state index contributed by atoms with van der Waals surface area (Å²) in [6.45, 7) is 2.19. The standard InChI is InChI=1S/C12H16N2S/c1-9(13-14(2)3)12-8-10-6-4-5-7-11(10)15-12/h4-9,13H,1-3H3. The predicted molar refractivity (Wildman–Crippen MR) is 67.1 cm³/mol. The highest BCUT2D eigenvalue weighted by Gasteiger charge is 2.09. The maximum atomic E-state index is 3.36. The number of rotatable bonds is 3. The monoisotopic (exact) mass is 220 g/mol. The minimum atomic E-state index is 0.373. The summed E-state index contributed by atoms with van der Waals surface area (Å²) in [7, 11) is 4.04. The molecule has 0 radical (unpaired) electrons. The fraction of sp³-hybridized carbons (Fsp3) is 0.333. The summed E-state index contributed by atoms with van der Waals surface area (Å²) in [4.78, 5) is 1.38. The average molecular weight is 220 g/mol. The highest BCUT2D eigenvalue weighted by atomic mass is 32.1. The van der Waals surface area contributed by atoms with Crippen molar-refractivity contribution in [1.29, 1.82) is 0 Å². The van der Waals surface area contributed by atoms with Gasteiger partial charge in [-0.05, 0) is 24.4 Å². The van der Waals surface area contributed by atoms with Crippen molar-refractivity contribution < 1.29 is 0 Å². The Morgan fingerprint density at radius 1 is 1.27 bits per heavy atom. The zero-order chi connectivity index (χ0) is 10.8. The summed E-state index contributed by atoms with van der Waals surface area (Å²) in [5.74, 6) is 0. The molecule has 0 spiro atoms. The molecule has 1 heterocycles. The third-order valence-corrected chi connectivity index (χ3v) is 3.62. The largest absolute Gasteiger partial charge is 0.250 e. The van der Waals surface area contributed by atoms with E-state index >= 15 is 0 Å². The Kier molecular flexibility index (Phi) is 3.05. The van der Waals surface area contributed by atoms with Crippen LogP contribution in [0.3, 0.4) is 0 Å². The van der Waals surface area contributed by atoms with E-state index in [2.05, 4.69) is 42.7 Å². The number of hydrazine groups is 1. The number of nitrogens with zero attached hydrogens (tertiary/aromatic N) is 1. The van der Waals surface area contributed by atoms with Crippen LogP contribution in [-0.4, -0.2) is 19.1 Å². The average Bonchev–Trinajstić information content (AvgIpc) is 2.59. The lowest BCUT2D eigenvalue weighted by atomic mass is 10.2. The molecule has 0 aliphatic rings. The van der Waals surface area contributed by atoms with Crippen molar-refractivity contribution in [3.8, 4) is 0 Å². The summed E-state index contributed by atoms with van der Waals surface area (Å²) in [5, 5.41) is 3.33. The SMILES string of the molecule is CC(NN(C)C)c1cc2ccccc2s1. The van der Waals surface area contributed by atoms with Crippen LogP contribution >= 0.6 is 11.3 Å². The molecule has 0 aliphatic heterocycles. The van der Waals surface area contributed by atoms with Crippen LogP contribution in [0.15, 0.2) is 30.3 Å². The first kappa shape index (κ1) is 10.6. The summed E-state index contributed by atoms with van der Waals surface area (Å²) in [6.07, 6.45) is 0. The first-order valence-corrected chi connectivity index (χ1v) is 5.90. The van der Waals surface area contributed by atoms with E-state index in [-0.39, 0.29) is 0 Å². The van der Waals surface area contributed by atoms with Gasteiger partial charge in [0.15, 0.2) is 0 Å². The molecule has 2 aromatic rings. The molecule has 1 aromatic heterocycles. The predicted octanol–water partition coefficient (Wildman–Crippen LogP) is 3.03. The topological polar surface area (TPSA) is 15.3 Å². The molecule has 1 atom stereocenters. The summed E-state index contributed by atoms with van der Waals surface area (Å²) < 4.78 is 1.36. The van der Waals surface area contributed by atoms with Crippen LogP contribution in [0.5, 0.6) is 0 Å². The second-order valence-electron chi connectivity index (χ2n) is 3.93. The molecule has 2 rings (SSSR count). The van der Waals surface area contributed by atoms with E-state index in [0.717, 1.165) is 0 Å². The van der Waals surface area contributed by atoms with Crippen molar-refractivity contribution in [2.45, 2.75) is 13.0 Å². The van der Waals surface area contributed by atoms with Crippen LogP contribution in [0, 0.1) is 0 Å². The van der Waals surface area contributed by atoms with Gasteiger partial charge in [-0.15, -0.1) is 11.3 Å². The lowest BCUT2D eigenvalue weighted by Crippen LogP contribution is -2.32. The highest BCUT2D eigenvalue weighted by molar-refractivity contribution is 7.19. The quantitative estimate of drug-likeness (QED) is 0.800. The minimum Gasteiger partial charge on any atom is -0.250 e. The van der Waals surface area contributed by atoms with E-state index in [1.54, 1.807) is 0 Å². The molecule has 1 unspecified atom stereocenters. The molecule has 1 aromatic carbocycles. The van der Waals surface area contributed by atoms with Crippen LogP contribution in [0.25, 0.3) is 10.1 Å². The van der Waals surface area contributed by atoms with E-state index in [0.29, 0.717) is 6.04 Å². The van der Waals surface area contributed by atoms with Crippen molar-refractivity contribution in [2.75, 3.05) is 14.1 Å². The molecule has 1 N–H and O–H groups in total. The summed E-state index contributed by atoms with van der Waals surface area (Å²) in [6, 6.07) is 11.2. The lowest BCUT2D eigenvalue weighted by Gasteiger charge is -2.17. The second kappa shape index (κ2) is 4.31. The van der Waals surface area contributed by atoms with E-state index in [1.807, 2.05) is 30.4 Å². The summed E-state index contributed by atoms with van der Waals surface area (Å²) in [5.41, 5.74) is 3.36. The van der Waals surface area contributed by atoms with E-state index in [4.69, 9.17) is 0 Å². The molecular weight excluding hydrogens is 204 g/mol. The normalized spacial score (nSPS) is 13.6. The Hall–Kier alpha value is -0.900. The van der Waals surface area contributed by atoms with Gasteiger partial charge in [-0.3, -0.25) is 5.01 Å². The molecule has 0 saturated heterocycles. The second-order valence-corrected chi connectivity index (χ2v) is 5.05. The van der Waals surface area contributed by atoms with Crippen molar-refractivity contribution in [1.82, 2.24) is 10.4 Å². The van der Waals surface area contributed by atoms with Crippen LogP contribution in [0.2, 0.25) is 0 Å². The minimum absolute atomic E-state index is 0.373. The Balaban J connectivity index is 2.28. The van der Waals surface area contributed by atoms with Crippen LogP contribution < -0.4 is 5.43 Å². The van der Waals surface area contributed by atoms with Gasteiger partial charge in [0.1, 0.15) is 0 Å². The first-order valence-electron chi connectivity index (χ1n) is 5.09. The van der Waals surface area contributed by atoms with Crippen LogP contribution in [0.1, 0.15) is 17.8 Å². The van der Waals surface area contributed by atoms with Gasteiger partial charge in [0.05, 0.1) is 6.04 Å². The Morgan fingerprint density at radius 2 is 2.00 bits per heavy atom. The molecule has 0 aliphatic carbocycles. The Bertz CT molecular complexity index is 415. The van der Waals surface area contributed by atoms with Gasteiger partial charge >= 0.3 is 0 Å². The molecule has 15 heavy (non-hydrogen) atoms. The molecule has 0 fully saturated rings. The molecule has 3 heteroatoms. The molecule has 80 valence electrons. The van der Waals surface area contributed by atoms with E-state index in [9.17, 15) is 0 Å². The molecule has 0 amide bonds.